The molecule has 2 rings (SSSR count). The van der Waals surface area contributed by atoms with E-state index in [1.807, 2.05) is 18.4 Å². The summed E-state index contributed by atoms with van der Waals surface area (Å²) in [5.41, 5.74) is 0. The van der Waals surface area contributed by atoms with Gasteiger partial charge in [-0.05, 0) is 44.2 Å². The van der Waals surface area contributed by atoms with Gasteiger partial charge in [0.05, 0.1) is 12.1 Å². The van der Waals surface area contributed by atoms with Crippen LogP contribution < -0.4 is 5.32 Å². The van der Waals surface area contributed by atoms with Crippen molar-refractivity contribution in [1.29, 1.82) is 0 Å². The monoisotopic (exact) mass is 225 g/mol. The van der Waals surface area contributed by atoms with Crippen molar-refractivity contribution in [3.8, 4) is 0 Å². The minimum atomic E-state index is 0.360. The van der Waals surface area contributed by atoms with Gasteiger partial charge in [0.15, 0.2) is 0 Å². The fraction of sp³-hybridized carbons (Fsp3) is 0.667. The van der Waals surface area contributed by atoms with Crippen molar-refractivity contribution in [1.82, 2.24) is 5.32 Å². The lowest BCUT2D eigenvalue weighted by Crippen LogP contribution is -2.32. The van der Waals surface area contributed by atoms with Gasteiger partial charge in [0.25, 0.3) is 0 Å². The van der Waals surface area contributed by atoms with Gasteiger partial charge in [0, 0.05) is 11.5 Å². The molecule has 0 aromatic carbocycles. The quantitative estimate of drug-likeness (QED) is 0.804. The Balaban J connectivity index is 2.08. The van der Waals surface area contributed by atoms with Crippen LogP contribution >= 0.6 is 11.3 Å². The minimum Gasteiger partial charge on any atom is -0.376 e. The molecule has 2 unspecified atom stereocenters. The average molecular weight is 225 g/mol. The van der Waals surface area contributed by atoms with Crippen LogP contribution in [0, 0.1) is 5.92 Å². The summed E-state index contributed by atoms with van der Waals surface area (Å²) >= 11 is 1.81. The van der Waals surface area contributed by atoms with Crippen molar-refractivity contribution in [3.63, 3.8) is 0 Å². The van der Waals surface area contributed by atoms with E-state index in [4.69, 9.17) is 4.74 Å². The Morgan fingerprint density at radius 3 is 2.87 bits per heavy atom. The summed E-state index contributed by atoms with van der Waals surface area (Å²) in [5.74, 6) is 0.768. The van der Waals surface area contributed by atoms with Crippen LogP contribution in [0.15, 0.2) is 17.5 Å². The number of hydrogen-bond acceptors (Lipinski definition) is 3. The van der Waals surface area contributed by atoms with E-state index in [1.54, 1.807) is 0 Å². The van der Waals surface area contributed by atoms with Crippen molar-refractivity contribution >= 4 is 11.3 Å². The standard InChI is InChI=1S/C12H19NOS/c1-3-14-12(9-6-7-9)11(13-2)10-5-4-8-15-10/h4-5,8-9,11-13H,3,6-7H2,1-2H3. The highest BCUT2D eigenvalue weighted by atomic mass is 32.1. The normalized spacial score (nSPS) is 20.1. The molecule has 1 N–H and O–H groups in total. The molecule has 0 radical (unpaired) electrons. The van der Waals surface area contributed by atoms with Gasteiger partial charge >= 0.3 is 0 Å². The zero-order valence-electron chi connectivity index (χ0n) is 9.40. The molecule has 0 amide bonds. The maximum Gasteiger partial charge on any atom is 0.0805 e. The first-order valence-electron chi connectivity index (χ1n) is 5.69. The molecule has 1 aliphatic rings. The Kier molecular flexibility index (Phi) is 3.78. The largest absolute Gasteiger partial charge is 0.376 e. The van der Waals surface area contributed by atoms with Crippen LogP contribution in [0.25, 0.3) is 0 Å². The topological polar surface area (TPSA) is 21.3 Å². The van der Waals surface area contributed by atoms with Crippen LogP contribution in [-0.2, 0) is 4.74 Å². The molecule has 2 atom stereocenters. The first kappa shape index (κ1) is 11.1. The zero-order chi connectivity index (χ0) is 10.7. The number of rotatable bonds is 6. The second-order valence-corrected chi connectivity index (χ2v) is 5.02. The SMILES string of the molecule is CCOC(C1CC1)C(NC)c1cccs1. The summed E-state index contributed by atoms with van der Waals surface area (Å²) in [6.45, 7) is 2.89. The Labute approximate surface area is 95.6 Å². The fourth-order valence-electron chi connectivity index (χ4n) is 2.06. The minimum absolute atomic E-state index is 0.360. The van der Waals surface area contributed by atoms with E-state index in [1.165, 1.54) is 17.7 Å². The lowest BCUT2D eigenvalue weighted by Gasteiger charge is -2.25. The second-order valence-electron chi connectivity index (χ2n) is 4.04. The number of likely N-dealkylation sites (N-methyl/N-ethyl adjacent to an activating group) is 1. The summed E-state index contributed by atoms with van der Waals surface area (Å²) in [7, 11) is 2.03. The van der Waals surface area contributed by atoms with E-state index >= 15 is 0 Å². The highest BCUT2D eigenvalue weighted by molar-refractivity contribution is 7.10. The number of ether oxygens (including phenoxy) is 1. The summed E-state index contributed by atoms with van der Waals surface area (Å²) in [6.07, 6.45) is 3.02. The van der Waals surface area contributed by atoms with Crippen molar-refractivity contribution in [2.75, 3.05) is 13.7 Å². The lowest BCUT2D eigenvalue weighted by atomic mass is 10.1. The predicted octanol–water partition coefficient (Wildman–Crippen LogP) is 2.82. The van der Waals surface area contributed by atoms with E-state index < -0.39 is 0 Å². The second kappa shape index (κ2) is 5.10. The van der Waals surface area contributed by atoms with Gasteiger partial charge in [-0.1, -0.05) is 6.07 Å². The number of thiophene rings is 1. The van der Waals surface area contributed by atoms with E-state index in [9.17, 15) is 0 Å². The molecule has 15 heavy (non-hydrogen) atoms. The van der Waals surface area contributed by atoms with Gasteiger partial charge in [-0.2, -0.15) is 0 Å². The molecule has 1 heterocycles. The zero-order valence-corrected chi connectivity index (χ0v) is 10.2. The van der Waals surface area contributed by atoms with Crippen molar-refractivity contribution in [3.05, 3.63) is 22.4 Å². The molecular formula is C12H19NOS. The molecule has 0 saturated heterocycles. The smallest absolute Gasteiger partial charge is 0.0805 e. The number of hydrogen-bond donors (Lipinski definition) is 1. The van der Waals surface area contributed by atoms with E-state index in [0.717, 1.165) is 12.5 Å². The molecule has 0 spiro atoms. The van der Waals surface area contributed by atoms with Crippen molar-refractivity contribution in [2.45, 2.75) is 31.9 Å². The molecule has 1 saturated carbocycles. The Morgan fingerprint density at radius 1 is 1.60 bits per heavy atom. The third-order valence-electron chi connectivity index (χ3n) is 2.93. The fourth-order valence-corrected chi connectivity index (χ4v) is 2.93. The molecule has 1 aromatic heterocycles. The van der Waals surface area contributed by atoms with Crippen LogP contribution in [0.2, 0.25) is 0 Å². The number of nitrogens with one attached hydrogen (secondary N) is 1. The molecule has 0 bridgehead atoms. The van der Waals surface area contributed by atoms with Crippen LogP contribution in [0.1, 0.15) is 30.7 Å². The molecule has 1 fully saturated rings. The highest BCUT2D eigenvalue weighted by Crippen LogP contribution is 2.40. The van der Waals surface area contributed by atoms with E-state index in [0.29, 0.717) is 12.1 Å². The average Bonchev–Trinajstić information content (AvgIpc) is 2.96. The molecule has 84 valence electrons. The maximum absolute atomic E-state index is 5.89. The molecular weight excluding hydrogens is 206 g/mol. The summed E-state index contributed by atoms with van der Waals surface area (Å²) in [4.78, 5) is 1.39. The van der Waals surface area contributed by atoms with Gasteiger partial charge in [0.2, 0.25) is 0 Å². The van der Waals surface area contributed by atoms with Crippen molar-refractivity contribution in [2.24, 2.45) is 5.92 Å². The summed E-state index contributed by atoms with van der Waals surface area (Å²) in [6, 6.07) is 4.68. The van der Waals surface area contributed by atoms with Gasteiger partial charge in [-0.15, -0.1) is 11.3 Å². The van der Waals surface area contributed by atoms with Gasteiger partial charge in [-0.25, -0.2) is 0 Å². The first-order chi connectivity index (χ1) is 7.36. The molecule has 3 heteroatoms. The summed E-state index contributed by atoms with van der Waals surface area (Å²) < 4.78 is 5.89. The van der Waals surface area contributed by atoms with Crippen LogP contribution in [-0.4, -0.2) is 19.8 Å². The first-order valence-corrected chi connectivity index (χ1v) is 6.57. The Morgan fingerprint density at radius 2 is 2.40 bits per heavy atom. The maximum atomic E-state index is 5.89. The third kappa shape index (κ3) is 2.60. The van der Waals surface area contributed by atoms with Crippen LogP contribution in [0.4, 0.5) is 0 Å². The molecule has 2 nitrogen and oxygen atoms in total. The Hall–Kier alpha value is -0.380. The van der Waals surface area contributed by atoms with Crippen LogP contribution in [0.5, 0.6) is 0 Å². The molecule has 1 aromatic rings. The van der Waals surface area contributed by atoms with Crippen molar-refractivity contribution < 1.29 is 4.74 Å². The van der Waals surface area contributed by atoms with Gasteiger partial charge < -0.3 is 10.1 Å². The van der Waals surface area contributed by atoms with Crippen LogP contribution in [0.3, 0.4) is 0 Å². The molecule has 1 aliphatic carbocycles. The molecule has 0 aliphatic heterocycles. The summed E-state index contributed by atoms with van der Waals surface area (Å²) in [5, 5.41) is 5.53. The third-order valence-corrected chi connectivity index (χ3v) is 3.89. The predicted molar refractivity (Wildman–Crippen MR) is 64.3 cm³/mol. The van der Waals surface area contributed by atoms with Gasteiger partial charge in [0.1, 0.15) is 0 Å². The lowest BCUT2D eigenvalue weighted by molar-refractivity contribution is 0.0213. The highest BCUT2D eigenvalue weighted by Gasteiger charge is 2.37. The Bertz CT molecular complexity index is 282. The van der Waals surface area contributed by atoms with Gasteiger partial charge in [-0.3, -0.25) is 0 Å². The van der Waals surface area contributed by atoms with E-state index in [2.05, 4.69) is 29.8 Å². The van der Waals surface area contributed by atoms with E-state index in [-0.39, 0.29) is 0 Å².